The molecule has 7 nitrogen and oxygen atoms in total. The quantitative estimate of drug-likeness (QED) is 0.610. The Morgan fingerprint density at radius 3 is 2.85 bits per heavy atom. The van der Waals surface area contributed by atoms with Crippen LogP contribution in [-0.4, -0.2) is 39.0 Å². The van der Waals surface area contributed by atoms with Gasteiger partial charge >= 0.3 is 0 Å². The Bertz CT molecular complexity index is 1090. The van der Waals surface area contributed by atoms with Crippen LogP contribution >= 0.6 is 0 Å². The van der Waals surface area contributed by atoms with Crippen molar-refractivity contribution in [2.24, 2.45) is 0 Å². The van der Waals surface area contributed by atoms with Crippen molar-refractivity contribution in [3.8, 4) is 23.2 Å². The van der Waals surface area contributed by atoms with Crippen LogP contribution in [0.2, 0.25) is 0 Å². The zero-order valence-electron chi connectivity index (χ0n) is 15.5. The first-order valence-electron chi connectivity index (χ1n) is 8.58. The number of aryl methyl sites for hydroxylation is 1. The Hall–Kier alpha value is -3.08. The standard InChI is InChI=1S/C20H22N4O3/c1-4-24-15-11-13(7-8-20(2,26)12-27-3)5-6-14(15)17(25)16(18(24)21)19-22-9-10-23-19/h5-6,9-11,26H,4,12,21H2,1-3H3,(H,22,23). The molecule has 3 aromatic rings. The molecule has 4 N–H and O–H groups in total. The molecule has 1 atom stereocenters. The minimum atomic E-state index is -1.25. The number of aromatic nitrogens is 3. The van der Waals surface area contributed by atoms with Gasteiger partial charge < -0.3 is 25.1 Å². The van der Waals surface area contributed by atoms with Gasteiger partial charge in [-0.2, -0.15) is 0 Å². The van der Waals surface area contributed by atoms with Crippen LogP contribution in [0, 0.1) is 11.8 Å². The molecule has 7 heteroatoms. The minimum Gasteiger partial charge on any atom is -0.384 e. The van der Waals surface area contributed by atoms with Crippen LogP contribution in [0.3, 0.4) is 0 Å². The highest BCUT2D eigenvalue weighted by Gasteiger charge is 2.18. The second-order valence-electron chi connectivity index (χ2n) is 6.46. The number of methoxy groups -OCH3 is 1. The van der Waals surface area contributed by atoms with Crippen molar-refractivity contribution in [1.82, 2.24) is 14.5 Å². The summed E-state index contributed by atoms with van der Waals surface area (Å²) < 4.78 is 6.81. The summed E-state index contributed by atoms with van der Waals surface area (Å²) >= 11 is 0. The number of hydrogen-bond acceptors (Lipinski definition) is 5. The van der Waals surface area contributed by atoms with Gasteiger partial charge in [-0.05, 0) is 32.0 Å². The maximum Gasteiger partial charge on any atom is 0.202 e. The molecule has 2 aromatic heterocycles. The molecule has 0 bridgehead atoms. The van der Waals surface area contributed by atoms with Crippen LogP contribution in [0.25, 0.3) is 22.3 Å². The fourth-order valence-corrected chi connectivity index (χ4v) is 3.04. The topological polar surface area (TPSA) is 106 Å². The van der Waals surface area contributed by atoms with Crippen LogP contribution in [-0.2, 0) is 11.3 Å². The molecule has 0 aliphatic rings. The number of aliphatic hydroxyl groups is 1. The highest BCUT2D eigenvalue weighted by atomic mass is 16.5. The summed E-state index contributed by atoms with van der Waals surface area (Å²) in [4.78, 5) is 20.1. The average molecular weight is 366 g/mol. The van der Waals surface area contributed by atoms with Crippen molar-refractivity contribution in [3.05, 3.63) is 46.4 Å². The van der Waals surface area contributed by atoms with E-state index in [2.05, 4.69) is 21.8 Å². The van der Waals surface area contributed by atoms with Crippen LogP contribution in [0.1, 0.15) is 19.4 Å². The van der Waals surface area contributed by atoms with Gasteiger partial charge in [0.05, 0.1) is 12.1 Å². The van der Waals surface area contributed by atoms with Crippen LogP contribution in [0.4, 0.5) is 5.82 Å². The summed E-state index contributed by atoms with van der Waals surface area (Å²) in [7, 11) is 1.51. The average Bonchev–Trinajstić information content (AvgIpc) is 3.14. The third-order valence-corrected chi connectivity index (χ3v) is 4.26. The number of fused-ring (bicyclic) bond motifs is 1. The number of aromatic amines is 1. The Morgan fingerprint density at radius 1 is 1.44 bits per heavy atom. The van der Waals surface area contributed by atoms with E-state index >= 15 is 0 Å². The number of ether oxygens (including phenoxy) is 1. The van der Waals surface area contributed by atoms with E-state index in [4.69, 9.17) is 10.5 Å². The summed E-state index contributed by atoms with van der Waals surface area (Å²) in [6.45, 7) is 4.22. The molecule has 0 radical (unpaired) electrons. The number of rotatable bonds is 4. The van der Waals surface area contributed by atoms with Gasteiger partial charge in [-0.3, -0.25) is 4.79 Å². The molecule has 140 valence electrons. The number of imidazole rings is 1. The SMILES string of the molecule is CCn1c(N)c(-c2ncc[nH]2)c(=O)c2ccc(C#CC(C)(O)COC)cc21. The lowest BCUT2D eigenvalue weighted by Gasteiger charge is -2.16. The zero-order chi connectivity index (χ0) is 19.6. The number of nitrogens with two attached hydrogens (primary N) is 1. The first-order valence-corrected chi connectivity index (χ1v) is 8.58. The monoisotopic (exact) mass is 366 g/mol. The van der Waals surface area contributed by atoms with Gasteiger partial charge in [0.25, 0.3) is 0 Å². The summed E-state index contributed by atoms with van der Waals surface area (Å²) in [5.41, 5.74) is 6.57. The second-order valence-corrected chi connectivity index (χ2v) is 6.46. The van der Waals surface area contributed by atoms with E-state index in [-0.39, 0.29) is 12.0 Å². The molecule has 0 amide bonds. The number of H-pyrrole nitrogens is 1. The van der Waals surface area contributed by atoms with E-state index in [9.17, 15) is 9.90 Å². The third kappa shape index (κ3) is 3.58. The molecule has 0 saturated carbocycles. The van der Waals surface area contributed by atoms with E-state index in [1.807, 2.05) is 11.5 Å². The Morgan fingerprint density at radius 2 is 2.22 bits per heavy atom. The number of hydrogen-bond donors (Lipinski definition) is 3. The molecule has 0 saturated heterocycles. The summed E-state index contributed by atoms with van der Waals surface area (Å²) in [6, 6.07) is 5.28. The van der Waals surface area contributed by atoms with Crippen molar-refractivity contribution in [2.45, 2.75) is 26.0 Å². The van der Waals surface area contributed by atoms with Crippen LogP contribution in [0.5, 0.6) is 0 Å². The molecule has 0 aliphatic heterocycles. The van der Waals surface area contributed by atoms with Crippen molar-refractivity contribution in [1.29, 1.82) is 0 Å². The van der Waals surface area contributed by atoms with Gasteiger partial charge in [-0.25, -0.2) is 4.98 Å². The van der Waals surface area contributed by atoms with Crippen molar-refractivity contribution in [3.63, 3.8) is 0 Å². The zero-order valence-corrected chi connectivity index (χ0v) is 15.5. The van der Waals surface area contributed by atoms with E-state index in [1.165, 1.54) is 7.11 Å². The maximum absolute atomic E-state index is 13.0. The number of benzene rings is 1. The number of pyridine rings is 1. The smallest absolute Gasteiger partial charge is 0.202 e. The lowest BCUT2D eigenvalue weighted by molar-refractivity contribution is 0.0274. The predicted molar refractivity (Wildman–Crippen MR) is 105 cm³/mol. The van der Waals surface area contributed by atoms with Gasteiger partial charge in [0, 0.05) is 37.0 Å². The molecule has 0 aliphatic carbocycles. The molecular weight excluding hydrogens is 344 g/mol. The fourth-order valence-electron chi connectivity index (χ4n) is 3.04. The molecule has 0 fully saturated rings. The summed E-state index contributed by atoms with van der Waals surface area (Å²) in [5, 5.41) is 10.7. The Kier molecular flexibility index (Phi) is 5.04. The van der Waals surface area contributed by atoms with Gasteiger partial charge in [0.2, 0.25) is 5.43 Å². The van der Waals surface area contributed by atoms with E-state index < -0.39 is 5.60 Å². The van der Waals surface area contributed by atoms with E-state index in [0.717, 1.165) is 0 Å². The summed E-state index contributed by atoms with van der Waals surface area (Å²) in [5.74, 6) is 6.52. The molecule has 27 heavy (non-hydrogen) atoms. The Labute approximate surface area is 156 Å². The van der Waals surface area contributed by atoms with Gasteiger partial charge in [-0.1, -0.05) is 11.8 Å². The highest BCUT2D eigenvalue weighted by molar-refractivity contribution is 5.89. The highest BCUT2D eigenvalue weighted by Crippen LogP contribution is 2.25. The molecular formula is C20H22N4O3. The van der Waals surface area contributed by atoms with Crippen molar-refractivity contribution < 1.29 is 9.84 Å². The molecule has 2 heterocycles. The Balaban J connectivity index is 2.20. The first kappa shape index (κ1) is 18.7. The van der Waals surface area contributed by atoms with Gasteiger partial charge in [-0.15, -0.1) is 0 Å². The van der Waals surface area contributed by atoms with Crippen molar-refractivity contribution in [2.75, 3.05) is 19.5 Å². The van der Waals surface area contributed by atoms with Gasteiger partial charge in [0.15, 0.2) is 0 Å². The van der Waals surface area contributed by atoms with Gasteiger partial charge in [0.1, 0.15) is 22.8 Å². The second kappa shape index (κ2) is 7.27. The van der Waals surface area contributed by atoms with E-state index in [0.29, 0.717) is 40.2 Å². The largest absolute Gasteiger partial charge is 0.384 e. The first-order chi connectivity index (χ1) is 12.9. The summed E-state index contributed by atoms with van der Waals surface area (Å²) in [6.07, 6.45) is 3.23. The molecule has 1 aromatic carbocycles. The normalized spacial score (nSPS) is 13.2. The van der Waals surface area contributed by atoms with Crippen LogP contribution in [0.15, 0.2) is 35.4 Å². The number of anilines is 1. The molecule has 1 unspecified atom stereocenters. The van der Waals surface area contributed by atoms with E-state index in [1.54, 1.807) is 37.5 Å². The molecule has 3 rings (SSSR count). The minimum absolute atomic E-state index is 0.104. The fraction of sp³-hybridized carbons (Fsp3) is 0.300. The number of nitrogens with one attached hydrogen (secondary N) is 1. The lowest BCUT2D eigenvalue weighted by atomic mass is 10.1. The van der Waals surface area contributed by atoms with Crippen molar-refractivity contribution >= 4 is 16.7 Å². The maximum atomic E-state index is 13.0. The predicted octanol–water partition coefficient (Wildman–Crippen LogP) is 1.74. The third-order valence-electron chi connectivity index (χ3n) is 4.26. The number of nitrogens with zero attached hydrogens (tertiary/aromatic N) is 2. The van der Waals surface area contributed by atoms with Crippen LogP contribution < -0.4 is 11.2 Å². The number of nitrogen functional groups attached to an aromatic ring is 1. The lowest BCUT2D eigenvalue weighted by Crippen LogP contribution is -2.27. The molecule has 0 spiro atoms.